The van der Waals surface area contributed by atoms with Gasteiger partial charge in [0.15, 0.2) is 5.43 Å². The van der Waals surface area contributed by atoms with Crippen molar-refractivity contribution >= 4 is 10.9 Å². The molecule has 0 spiro atoms. The van der Waals surface area contributed by atoms with E-state index in [0.717, 1.165) is 22.2 Å². The molecule has 0 fully saturated rings. The van der Waals surface area contributed by atoms with E-state index in [1.165, 1.54) is 0 Å². The molecule has 0 saturated heterocycles. The molecule has 2 atom stereocenters. The molecule has 0 N–H and O–H groups in total. The van der Waals surface area contributed by atoms with Gasteiger partial charge in [-0.2, -0.15) is 0 Å². The van der Waals surface area contributed by atoms with Gasteiger partial charge in [-0.25, -0.2) is 0 Å². The van der Waals surface area contributed by atoms with Crippen molar-refractivity contribution in [1.29, 1.82) is 0 Å². The zero-order valence-electron chi connectivity index (χ0n) is 10.2. The summed E-state index contributed by atoms with van der Waals surface area (Å²) in [4.78, 5) is 12.1. The van der Waals surface area contributed by atoms with Gasteiger partial charge in [0.05, 0.1) is 11.6 Å². The van der Waals surface area contributed by atoms with Gasteiger partial charge >= 0.3 is 0 Å². The Morgan fingerprint density at radius 1 is 1.29 bits per heavy atom. The second kappa shape index (κ2) is 3.36. The first-order valence-corrected chi connectivity index (χ1v) is 5.90. The number of pyridine rings is 1. The molecular formula is C14H15NO2. The number of aromatic nitrogens is 1. The molecule has 1 aromatic carbocycles. The summed E-state index contributed by atoms with van der Waals surface area (Å²) in [5, 5.41) is 0.751. The van der Waals surface area contributed by atoms with Crippen LogP contribution in [0.25, 0.3) is 10.9 Å². The fourth-order valence-electron chi connectivity index (χ4n) is 2.46. The average molecular weight is 229 g/mol. The van der Waals surface area contributed by atoms with Crippen molar-refractivity contribution in [1.82, 2.24) is 4.57 Å². The minimum atomic E-state index is 0.100. The molecule has 0 saturated carbocycles. The van der Waals surface area contributed by atoms with E-state index in [1.807, 2.05) is 31.3 Å². The van der Waals surface area contributed by atoms with Gasteiger partial charge in [-0.15, -0.1) is 0 Å². The first-order chi connectivity index (χ1) is 8.09. The van der Waals surface area contributed by atoms with Crippen molar-refractivity contribution in [2.75, 3.05) is 0 Å². The SMILES string of the molecule is Cc1cn2c3c(cccc3c1=O)OC(C)C2C. The summed E-state index contributed by atoms with van der Waals surface area (Å²) in [6.45, 7) is 6.04. The number of para-hydroxylation sites is 1. The molecule has 0 aliphatic carbocycles. The molecule has 0 amide bonds. The lowest BCUT2D eigenvalue weighted by Crippen LogP contribution is -2.30. The Balaban J connectivity index is 2.51. The number of hydrogen-bond donors (Lipinski definition) is 0. The lowest BCUT2D eigenvalue weighted by atomic mass is 10.1. The molecule has 3 heteroatoms. The van der Waals surface area contributed by atoms with Crippen LogP contribution >= 0.6 is 0 Å². The van der Waals surface area contributed by atoms with Gasteiger partial charge in [0, 0.05) is 17.1 Å². The smallest absolute Gasteiger partial charge is 0.192 e. The first kappa shape index (κ1) is 10.4. The highest BCUT2D eigenvalue weighted by molar-refractivity contribution is 5.86. The van der Waals surface area contributed by atoms with Crippen LogP contribution in [0.15, 0.2) is 29.2 Å². The second-order valence-electron chi connectivity index (χ2n) is 4.76. The normalized spacial score (nSPS) is 22.5. The van der Waals surface area contributed by atoms with Crippen LogP contribution in [0.3, 0.4) is 0 Å². The van der Waals surface area contributed by atoms with E-state index in [9.17, 15) is 4.79 Å². The molecule has 3 rings (SSSR count). The summed E-state index contributed by atoms with van der Waals surface area (Å²) in [7, 11) is 0. The Bertz CT molecular complexity index is 657. The van der Waals surface area contributed by atoms with Crippen molar-refractivity contribution < 1.29 is 4.74 Å². The van der Waals surface area contributed by atoms with E-state index in [2.05, 4.69) is 18.4 Å². The molecule has 2 heterocycles. The Morgan fingerprint density at radius 3 is 2.82 bits per heavy atom. The number of rotatable bonds is 0. The van der Waals surface area contributed by atoms with Gasteiger partial charge in [-0.05, 0) is 32.9 Å². The van der Waals surface area contributed by atoms with Crippen LogP contribution in [0.2, 0.25) is 0 Å². The topological polar surface area (TPSA) is 31.2 Å². The standard InChI is InChI=1S/C14H15NO2/c1-8-7-15-9(2)10(3)17-12-6-4-5-11(13(12)15)14(8)16/h4-7,9-10H,1-3H3. The lowest BCUT2D eigenvalue weighted by molar-refractivity contribution is 0.153. The van der Waals surface area contributed by atoms with Crippen molar-refractivity contribution in [2.45, 2.75) is 32.9 Å². The average Bonchev–Trinajstić information content (AvgIpc) is 2.31. The van der Waals surface area contributed by atoms with Gasteiger partial charge in [-0.3, -0.25) is 4.79 Å². The minimum absolute atomic E-state index is 0.100. The van der Waals surface area contributed by atoms with Crippen LogP contribution in [0.4, 0.5) is 0 Å². The van der Waals surface area contributed by atoms with E-state index in [0.29, 0.717) is 0 Å². The van der Waals surface area contributed by atoms with E-state index >= 15 is 0 Å². The third kappa shape index (κ3) is 1.32. The van der Waals surface area contributed by atoms with Gasteiger partial charge < -0.3 is 9.30 Å². The van der Waals surface area contributed by atoms with Crippen molar-refractivity contribution in [3.8, 4) is 5.75 Å². The van der Waals surface area contributed by atoms with Gasteiger partial charge in [0.1, 0.15) is 11.9 Å². The predicted octanol–water partition coefficient (Wildman–Crippen LogP) is 2.65. The van der Waals surface area contributed by atoms with E-state index in [-0.39, 0.29) is 17.6 Å². The monoisotopic (exact) mass is 229 g/mol. The second-order valence-corrected chi connectivity index (χ2v) is 4.76. The van der Waals surface area contributed by atoms with Crippen LogP contribution in [-0.4, -0.2) is 10.7 Å². The molecule has 1 aromatic heterocycles. The largest absolute Gasteiger partial charge is 0.486 e. The molecule has 17 heavy (non-hydrogen) atoms. The van der Waals surface area contributed by atoms with Crippen LogP contribution in [-0.2, 0) is 0 Å². The molecule has 2 aromatic rings. The number of benzene rings is 1. The number of aryl methyl sites for hydroxylation is 1. The fraction of sp³-hybridized carbons (Fsp3) is 0.357. The molecular weight excluding hydrogens is 214 g/mol. The quantitative estimate of drug-likeness (QED) is 0.695. The number of ether oxygens (including phenoxy) is 1. The van der Waals surface area contributed by atoms with Crippen molar-refractivity contribution in [3.05, 3.63) is 40.2 Å². The van der Waals surface area contributed by atoms with Crippen molar-refractivity contribution in [2.24, 2.45) is 0 Å². The molecule has 0 radical (unpaired) electrons. The van der Waals surface area contributed by atoms with Crippen LogP contribution < -0.4 is 10.2 Å². The Hall–Kier alpha value is -1.77. The van der Waals surface area contributed by atoms with E-state index in [4.69, 9.17) is 4.74 Å². The number of nitrogens with zero attached hydrogens (tertiary/aromatic N) is 1. The molecule has 88 valence electrons. The number of hydrogen-bond acceptors (Lipinski definition) is 2. The minimum Gasteiger partial charge on any atom is -0.486 e. The molecule has 2 unspecified atom stereocenters. The van der Waals surface area contributed by atoms with E-state index < -0.39 is 0 Å². The van der Waals surface area contributed by atoms with Crippen molar-refractivity contribution in [3.63, 3.8) is 0 Å². The van der Waals surface area contributed by atoms with Crippen LogP contribution in [0, 0.1) is 6.92 Å². The van der Waals surface area contributed by atoms with Crippen LogP contribution in [0.1, 0.15) is 25.5 Å². The highest BCUT2D eigenvalue weighted by Crippen LogP contribution is 2.33. The Labute approximate surface area is 99.6 Å². The van der Waals surface area contributed by atoms with Gasteiger partial charge in [0.25, 0.3) is 0 Å². The Morgan fingerprint density at radius 2 is 2.06 bits per heavy atom. The molecule has 1 aliphatic rings. The summed E-state index contributed by atoms with van der Waals surface area (Å²) < 4.78 is 8.01. The first-order valence-electron chi connectivity index (χ1n) is 5.90. The summed E-state index contributed by atoms with van der Waals surface area (Å²) in [5.41, 5.74) is 1.81. The molecule has 0 bridgehead atoms. The van der Waals surface area contributed by atoms with E-state index in [1.54, 1.807) is 0 Å². The maximum Gasteiger partial charge on any atom is 0.192 e. The molecule has 3 nitrogen and oxygen atoms in total. The lowest BCUT2D eigenvalue weighted by Gasteiger charge is -2.32. The Kier molecular flexibility index (Phi) is 2.05. The fourth-order valence-corrected chi connectivity index (χ4v) is 2.46. The summed E-state index contributed by atoms with van der Waals surface area (Å²) >= 11 is 0. The maximum absolute atomic E-state index is 12.1. The summed E-state index contributed by atoms with van der Waals surface area (Å²) in [6, 6.07) is 5.92. The highest BCUT2D eigenvalue weighted by atomic mass is 16.5. The van der Waals surface area contributed by atoms with Crippen LogP contribution in [0.5, 0.6) is 5.75 Å². The zero-order chi connectivity index (χ0) is 12.2. The third-order valence-electron chi connectivity index (χ3n) is 3.62. The van der Waals surface area contributed by atoms with Gasteiger partial charge in [0.2, 0.25) is 0 Å². The molecule has 1 aliphatic heterocycles. The predicted molar refractivity (Wildman–Crippen MR) is 67.7 cm³/mol. The zero-order valence-corrected chi connectivity index (χ0v) is 10.2. The van der Waals surface area contributed by atoms with Gasteiger partial charge in [-0.1, -0.05) is 6.07 Å². The summed E-state index contributed by atoms with van der Waals surface area (Å²) in [6.07, 6.45) is 2.06. The third-order valence-corrected chi connectivity index (χ3v) is 3.62. The summed E-state index contributed by atoms with van der Waals surface area (Å²) in [5.74, 6) is 0.810. The maximum atomic E-state index is 12.1. The highest BCUT2D eigenvalue weighted by Gasteiger charge is 2.25.